The van der Waals surface area contributed by atoms with Crippen molar-refractivity contribution in [2.45, 2.75) is 44.7 Å². The Labute approximate surface area is 122 Å². The predicted octanol–water partition coefficient (Wildman–Crippen LogP) is 2.85. The molecule has 0 spiro atoms. The van der Waals surface area contributed by atoms with E-state index in [0.717, 1.165) is 24.1 Å². The van der Waals surface area contributed by atoms with Crippen LogP contribution in [0.1, 0.15) is 43.5 Å². The SMILES string of the molecule is CCCC(NC(=O)N1CCC[C@H]1C(=O)O)c1cccs1. The largest absolute Gasteiger partial charge is 0.480 e. The zero-order valence-electron chi connectivity index (χ0n) is 11.5. The summed E-state index contributed by atoms with van der Waals surface area (Å²) < 4.78 is 0. The average molecular weight is 296 g/mol. The molecule has 1 aromatic heterocycles. The number of rotatable bonds is 5. The molecule has 0 saturated carbocycles. The van der Waals surface area contributed by atoms with E-state index in [4.69, 9.17) is 5.11 Å². The van der Waals surface area contributed by atoms with Crippen molar-refractivity contribution >= 4 is 23.3 Å². The number of carbonyl (C=O) groups excluding carboxylic acids is 1. The van der Waals surface area contributed by atoms with Gasteiger partial charge < -0.3 is 15.3 Å². The van der Waals surface area contributed by atoms with Crippen LogP contribution in [0.15, 0.2) is 17.5 Å². The number of aliphatic carboxylic acids is 1. The quantitative estimate of drug-likeness (QED) is 0.877. The number of carboxylic acids is 1. The first-order valence-electron chi connectivity index (χ1n) is 6.96. The van der Waals surface area contributed by atoms with Gasteiger partial charge in [0, 0.05) is 11.4 Å². The van der Waals surface area contributed by atoms with Crippen molar-refractivity contribution in [2.75, 3.05) is 6.54 Å². The van der Waals surface area contributed by atoms with Gasteiger partial charge in [0.1, 0.15) is 6.04 Å². The van der Waals surface area contributed by atoms with E-state index in [-0.39, 0.29) is 12.1 Å². The van der Waals surface area contributed by atoms with Crippen LogP contribution in [-0.2, 0) is 4.79 Å². The zero-order chi connectivity index (χ0) is 14.5. The molecule has 2 amide bonds. The summed E-state index contributed by atoms with van der Waals surface area (Å²) in [7, 11) is 0. The first-order chi connectivity index (χ1) is 9.63. The number of nitrogens with one attached hydrogen (secondary N) is 1. The van der Waals surface area contributed by atoms with Gasteiger partial charge in [-0.2, -0.15) is 0 Å². The van der Waals surface area contributed by atoms with Crippen molar-refractivity contribution in [2.24, 2.45) is 0 Å². The minimum Gasteiger partial charge on any atom is -0.480 e. The van der Waals surface area contributed by atoms with Gasteiger partial charge in [-0.05, 0) is 30.7 Å². The molecule has 2 N–H and O–H groups in total. The van der Waals surface area contributed by atoms with E-state index in [1.165, 1.54) is 4.90 Å². The van der Waals surface area contributed by atoms with E-state index < -0.39 is 12.0 Å². The number of nitrogens with zero attached hydrogens (tertiary/aromatic N) is 1. The summed E-state index contributed by atoms with van der Waals surface area (Å²) in [6.45, 7) is 2.59. The van der Waals surface area contributed by atoms with Gasteiger partial charge in [-0.3, -0.25) is 0 Å². The molecular formula is C14H20N2O3S. The highest BCUT2D eigenvalue weighted by Gasteiger charge is 2.34. The minimum atomic E-state index is -0.916. The third-order valence-corrected chi connectivity index (χ3v) is 4.55. The predicted molar refractivity (Wildman–Crippen MR) is 77.9 cm³/mol. The number of thiophene rings is 1. The monoisotopic (exact) mass is 296 g/mol. The molecule has 0 bridgehead atoms. The highest BCUT2D eigenvalue weighted by atomic mass is 32.1. The first kappa shape index (κ1) is 14.8. The minimum absolute atomic E-state index is 0.0254. The lowest BCUT2D eigenvalue weighted by atomic mass is 10.1. The summed E-state index contributed by atoms with van der Waals surface area (Å²) >= 11 is 1.61. The van der Waals surface area contributed by atoms with E-state index in [0.29, 0.717) is 13.0 Å². The number of urea groups is 1. The second-order valence-electron chi connectivity index (χ2n) is 5.00. The highest BCUT2D eigenvalue weighted by Crippen LogP contribution is 2.25. The van der Waals surface area contributed by atoms with Crippen LogP contribution in [0, 0.1) is 0 Å². The fourth-order valence-electron chi connectivity index (χ4n) is 2.56. The van der Waals surface area contributed by atoms with E-state index in [9.17, 15) is 9.59 Å². The van der Waals surface area contributed by atoms with E-state index in [1.807, 2.05) is 17.5 Å². The molecule has 20 heavy (non-hydrogen) atoms. The summed E-state index contributed by atoms with van der Waals surface area (Å²) in [4.78, 5) is 26.0. The van der Waals surface area contributed by atoms with Crippen LogP contribution in [0.5, 0.6) is 0 Å². The molecule has 1 aliphatic rings. The second kappa shape index (κ2) is 6.74. The number of carbonyl (C=O) groups is 2. The van der Waals surface area contributed by atoms with Crippen LogP contribution < -0.4 is 5.32 Å². The van der Waals surface area contributed by atoms with Gasteiger partial charge in [0.2, 0.25) is 0 Å². The molecule has 2 atom stereocenters. The van der Waals surface area contributed by atoms with Gasteiger partial charge in [0.05, 0.1) is 6.04 Å². The second-order valence-corrected chi connectivity index (χ2v) is 5.98. The van der Waals surface area contributed by atoms with E-state index in [2.05, 4.69) is 12.2 Å². The maximum Gasteiger partial charge on any atom is 0.326 e. The average Bonchev–Trinajstić information content (AvgIpc) is 3.09. The lowest BCUT2D eigenvalue weighted by molar-refractivity contribution is -0.141. The molecule has 1 unspecified atom stereocenters. The maximum atomic E-state index is 12.3. The van der Waals surface area contributed by atoms with Gasteiger partial charge >= 0.3 is 12.0 Å². The van der Waals surface area contributed by atoms with Gasteiger partial charge in [-0.25, -0.2) is 9.59 Å². The smallest absolute Gasteiger partial charge is 0.326 e. The van der Waals surface area contributed by atoms with E-state index in [1.54, 1.807) is 11.3 Å². The van der Waals surface area contributed by atoms with Crippen molar-refractivity contribution < 1.29 is 14.7 Å². The number of hydrogen-bond acceptors (Lipinski definition) is 3. The summed E-state index contributed by atoms with van der Waals surface area (Å²) in [6.07, 6.45) is 3.12. The van der Waals surface area contributed by atoms with Crippen molar-refractivity contribution in [1.82, 2.24) is 10.2 Å². The highest BCUT2D eigenvalue weighted by molar-refractivity contribution is 7.10. The Kier molecular flexibility index (Phi) is 5.00. The van der Waals surface area contributed by atoms with Crippen LogP contribution in [0.4, 0.5) is 4.79 Å². The Hall–Kier alpha value is -1.56. The fourth-order valence-corrected chi connectivity index (χ4v) is 3.37. The molecule has 0 aliphatic carbocycles. The standard InChI is InChI=1S/C14H20N2O3S/c1-2-5-10(12-7-4-9-20-12)15-14(19)16-8-3-6-11(16)13(17)18/h4,7,9-11H,2-3,5-6,8H2,1H3,(H,15,19)(H,17,18)/t10?,11-/m0/s1. The number of hydrogen-bond donors (Lipinski definition) is 2. The normalized spacial score (nSPS) is 19.9. The molecule has 110 valence electrons. The van der Waals surface area contributed by atoms with Crippen LogP contribution >= 0.6 is 11.3 Å². The number of carboxylic acid groups (broad SMARTS) is 1. The zero-order valence-corrected chi connectivity index (χ0v) is 12.4. The summed E-state index contributed by atoms with van der Waals surface area (Å²) in [5, 5.41) is 14.1. The molecule has 5 nitrogen and oxygen atoms in total. The molecular weight excluding hydrogens is 276 g/mol. The third kappa shape index (κ3) is 3.30. The molecule has 1 aromatic rings. The fraction of sp³-hybridized carbons (Fsp3) is 0.571. The molecule has 1 saturated heterocycles. The van der Waals surface area contributed by atoms with Crippen molar-refractivity contribution in [3.63, 3.8) is 0 Å². The van der Waals surface area contributed by atoms with Gasteiger partial charge in [0.15, 0.2) is 0 Å². The molecule has 0 radical (unpaired) electrons. The van der Waals surface area contributed by atoms with Crippen molar-refractivity contribution in [1.29, 1.82) is 0 Å². The Morgan fingerprint density at radius 2 is 2.40 bits per heavy atom. The molecule has 6 heteroatoms. The van der Waals surface area contributed by atoms with Crippen molar-refractivity contribution in [3.8, 4) is 0 Å². The topological polar surface area (TPSA) is 69.6 Å². The van der Waals surface area contributed by atoms with E-state index >= 15 is 0 Å². The van der Waals surface area contributed by atoms with Crippen molar-refractivity contribution in [3.05, 3.63) is 22.4 Å². The molecule has 1 fully saturated rings. The third-order valence-electron chi connectivity index (χ3n) is 3.56. The maximum absolute atomic E-state index is 12.3. The summed E-state index contributed by atoms with van der Waals surface area (Å²) in [5.41, 5.74) is 0. The van der Waals surface area contributed by atoms with Crippen LogP contribution in [0.3, 0.4) is 0 Å². The van der Waals surface area contributed by atoms with Gasteiger partial charge in [-0.1, -0.05) is 19.4 Å². The first-order valence-corrected chi connectivity index (χ1v) is 7.84. The Bertz CT molecular complexity index is 461. The molecule has 0 aromatic carbocycles. The summed E-state index contributed by atoms with van der Waals surface area (Å²) in [6, 6.07) is 3.00. The van der Waals surface area contributed by atoms with Crippen LogP contribution in [0.25, 0.3) is 0 Å². The molecule has 2 rings (SSSR count). The summed E-state index contributed by atoms with van der Waals surface area (Å²) in [5.74, 6) is -0.916. The van der Waals surface area contributed by atoms with Crippen LogP contribution in [0.2, 0.25) is 0 Å². The molecule has 1 aliphatic heterocycles. The lowest BCUT2D eigenvalue weighted by Crippen LogP contribution is -2.46. The Morgan fingerprint density at radius 1 is 1.60 bits per heavy atom. The number of amides is 2. The Balaban J connectivity index is 2.03. The Morgan fingerprint density at radius 3 is 3.00 bits per heavy atom. The van der Waals surface area contributed by atoms with Crippen LogP contribution in [-0.4, -0.2) is 34.6 Å². The van der Waals surface area contributed by atoms with Gasteiger partial charge in [0.25, 0.3) is 0 Å². The number of likely N-dealkylation sites (tertiary alicyclic amines) is 1. The lowest BCUT2D eigenvalue weighted by Gasteiger charge is -2.25. The van der Waals surface area contributed by atoms with Gasteiger partial charge in [-0.15, -0.1) is 11.3 Å². The molecule has 2 heterocycles.